The van der Waals surface area contributed by atoms with E-state index in [1.807, 2.05) is 30.3 Å². The van der Waals surface area contributed by atoms with Crippen molar-refractivity contribution in [1.82, 2.24) is 4.98 Å². The number of hydrogen-bond donors (Lipinski definition) is 0. The molecule has 2 nitrogen and oxygen atoms in total. The lowest BCUT2D eigenvalue weighted by molar-refractivity contribution is 0.254. The molecule has 1 unspecified atom stereocenters. The normalized spacial score (nSPS) is 12.6. The van der Waals surface area contributed by atoms with E-state index in [1.165, 1.54) is 12.8 Å². The van der Waals surface area contributed by atoms with Gasteiger partial charge in [0.15, 0.2) is 0 Å². The third-order valence-electron chi connectivity index (χ3n) is 3.17. The zero-order valence-corrected chi connectivity index (χ0v) is 12.3. The fraction of sp³-hybridized carbons (Fsp3) is 0.438. The van der Waals surface area contributed by atoms with Gasteiger partial charge in [-0.25, -0.2) is 0 Å². The monoisotopic (exact) mass is 277 g/mol. The number of alkyl halides is 1. The molecule has 0 N–H and O–H groups in total. The Balaban J connectivity index is 2.25. The summed E-state index contributed by atoms with van der Waals surface area (Å²) in [5, 5.41) is 1.06. The Morgan fingerprint density at radius 3 is 2.84 bits per heavy atom. The second-order valence-corrected chi connectivity index (χ2v) is 5.23. The fourth-order valence-electron chi connectivity index (χ4n) is 2.19. The molecule has 0 saturated heterocycles. The van der Waals surface area contributed by atoms with E-state index in [4.69, 9.17) is 16.3 Å². The quantitative estimate of drug-likeness (QED) is 0.708. The minimum absolute atomic E-state index is 0.408. The molecule has 1 aromatic carbocycles. The van der Waals surface area contributed by atoms with Gasteiger partial charge in [-0.2, -0.15) is 0 Å². The molecule has 3 heteroatoms. The molecular formula is C16H20ClNO. The summed E-state index contributed by atoms with van der Waals surface area (Å²) < 4.78 is 5.98. The van der Waals surface area contributed by atoms with Gasteiger partial charge in [0.25, 0.3) is 0 Å². The van der Waals surface area contributed by atoms with E-state index in [1.54, 1.807) is 0 Å². The van der Waals surface area contributed by atoms with Crippen LogP contribution in [-0.2, 0) is 5.88 Å². The first kappa shape index (κ1) is 14.1. The third-order valence-corrected chi connectivity index (χ3v) is 3.45. The molecule has 0 amide bonds. The van der Waals surface area contributed by atoms with Gasteiger partial charge in [-0.3, -0.25) is 4.98 Å². The highest BCUT2D eigenvalue weighted by molar-refractivity contribution is 6.17. The zero-order chi connectivity index (χ0) is 13.7. The maximum Gasteiger partial charge on any atom is 0.130 e. The van der Waals surface area contributed by atoms with Crippen LogP contribution in [0.5, 0.6) is 5.75 Å². The molecule has 1 aromatic heterocycles. The predicted octanol–water partition coefficient (Wildman–Crippen LogP) is 4.79. The van der Waals surface area contributed by atoms with Gasteiger partial charge in [0.1, 0.15) is 5.75 Å². The fourth-order valence-corrected chi connectivity index (χ4v) is 2.33. The summed E-state index contributed by atoms with van der Waals surface area (Å²) in [6.45, 7) is 5.16. The van der Waals surface area contributed by atoms with E-state index < -0.39 is 0 Å². The first-order chi connectivity index (χ1) is 9.24. The zero-order valence-electron chi connectivity index (χ0n) is 11.5. The minimum Gasteiger partial charge on any atom is -0.493 e. The number of nitrogens with zero attached hydrogens (tertiary/aromatic N) is 1. The van der Waals surface area contributed by atoms with Gasteiger partial charge < -0.3 is 4.74 Å². The van der Waals surface area contributed by atoms with Crippen LogP contribution in [0.2, 0.25) is 0 Å². The van der Waals surface area contributed by atoms with Gasteiger partial charge in [0.05, 0.1) is 23.7 Å². The molecule has 102 valence electrons. The summed E-state index contributed by atoms with van der Waals surface area (Å²) in [6.07, 6.45) is 2.37. The van der Waals surface area contributed by atoms with Crippen molar-refractivity contribution >= 4 is 22.5 Å². The average molecular weight is 278 g/mol. The summed E-state index contributed by atoms with van der Waals surface area (Å²) in [6, 6.07) is 9.98. The Bertz CT molecular complexity index is 541. The lowest BCUT2D eigenvalue weighted by atomic mass is 10.1. The van der Waals surface area contributed by atoms with Gasteiger partial charge >= 0.3 is 0 Å². The second kappa shape index (κ2) is 6.76. The van der Waals surface area contributed by atoms with Gasteiger partial charge in [0.2, 0.25) is 0 Å². The standard InChI is InChI=1S/C16H20ClNO/c1-3-6-12(2)11-19-16-9-13(10-17)18-15-8-5-4-7-14(15)16/h4-5,7-9,12H,3,6,10-11H2,1-2H3. The summed E-state index contributed by atoms with van der Waals surface area (Å²) >= 11 is 5.89. The minimum atomic E-state index is 0.408. The SMILES string of the molecule is CCCC(C)COc1cc(CCl)nc2ccccc12. The van der Waals surface area contributed by atoms with E-state index in [-0.39, 0.29) is 0 Å². The molecule has 0 saturated carbocycles. The number of aromatic nitrogens is 1. The largest absolute Gasteiger partial charge is 0.493 e. The maximum absolute atomic E-state index is 5.98. The Kier molecular flexibility index (Phi) is 5.03. The number of pyridine rings is 1. The lowest BCUT2D eigenvalue weighted by Gasteiger charge is -2.14. The van der Waals surface area contributed by atoms with Gasteiger partial charge in [-0.15, -0.1) is 11.6 Å². The second-order valence-electron chi connectivity index (χ2n) is 4.97. The molecule has 0 aliphatic rings. The summed E-state index contributed by atoms with van der Waals surface area (Å²) in [7, 11) is 0. The highest BCUT2D eigenvalue weighted by Gasteiger charge is 2.08. The number of hydrogen-bond acceptors (Lipinski definition) is 2. The van der Waals surface area contributed by atoms with Crippen molar-refractivity contribution in [3.63, 3.8) is 0 Å². The molecule has 0 aliphatic heterocycles. The number of halogens is 1. The molecule has 0 radical (unpaired) electrons. The van der Waals surface area contributed by atoms with Crippen molar-refractivity contribution in [3.8, 4) is 5.75 Å². The van der Waals surface area contributed by atoms with Crippen molar-refractivity contribution in [1.29, 1.82) is 0 Å². The lowest BCUT2D eigenvalue weighted by Crippen LogP contribution is -2.08. The Labute approximate surface area is 119 Å². The molecule has 19 heavy (non-hydrogen) atoms. The van der Waals surface area contributed by atoms with Crippen LogP contribution in [0.3, 0.4) is 0 Å². The summed E-state index contributed by atoms with van der Waals surface area (Å²) in [5.41, 5.74) is 1.80. The van der Waals surface area contributed by atoms with Crippen molar-refractivity contribution in [2.75, 3.05) is 6.61 Å². The van der Waals surface area contributed by atoms with Crippen LogP contribution in [0.15, 0.2) is 30.3 Å². The molecule has 2 aromatic rings. The third kappa shape index (κ3) is 3.60. The van der Waals surface area contributed by atoms with Crippen molar-refractivity contribution in [2.24, 2.45) is 5.92 Å². The summed E-state index contributed by atoms with van der Waals surface area (Å²) in [5.74, 6) is 1.87. The van der Waals surface area contributed by atoms with Crippen LogP contribution >= 0.6 is 11.6 Å². The van der Waals surface area contributed by atoms with Crippen molar-refractivity contribution < 1.29 is 4.74 Å². The number of fused-ring (bicyclic) bond motifs is 1. The van der Waals surface area contributed by atoms with Crippen LogP contribution in [0.4, 0.5) is 0 Å². The number of para-hydroxylation sites is 1. The van der Waals surface area contributed by atoms with E-state index in [9.17, 15) is 0 Å². The van der Waals surface area contributed by atoms with Crippen molar-refractivity contribution in [2.45, 2.75) is 32.6 Å². The first-order valence-corrected chi connectivity index (χ1v) is 7.35. The van der Waals surface area contributed by atoms with E-state index in [0.29, 0.717) is 11.8 Å². The van der Waals surface area contributed by atoms with Crippen LogP contribution in [0.1, 0.15) is 32.4 Å². The summed E-state index contributed by atoms with van der Waals surface area (Å²) in [4.78, 5) is 4.51. The number of rotatable bonds is 6. The number of benzene rings is 1. The van der Waals surface area contributed by atoms with E-state index in [2.05, 4.69) is 18.8 Å². The van der Waals surface area contributed by atoms with E-state index >= 15 is 0 Å². The number of ether oxygens (including phenoxy) is 1. The first-order valence-electron chi connectivity index (χ1n) is 6.82. The topological polar surface area (TPSA) is 22.1 Å². The van der Waals surface area contributed by atoms with Crippen molar-refractivity contribution in [3.05, 3.63) is 36.0 Å². The van der Waals surface area contributed by atoms with Crippen LogP contribution in [-0.4, -0.2) is 11.6 Å². The van der Waals surface area contributed by atoms with Crippen LogP contribution in [0.25, 0.3) is 10.9 Å². The van der Waals surface area contributed by atoms with Crippen LogP contribution < -0.4 is 4.74 Å². The molecule has 0 bridgehead atoms. The molecule has 0 fully saturated rings. The van der Waals surface area contributed by atoms with Gasteiger partial charge in [0, 0.05) is 11.5 Å². The van der Waals surface area contributed by atoms with Gasteiger partial charge in [-0.1, -0.05) is 32.4 Å². The Morgan fingerprint density at radius 2 is 2.11 bits per heavy atom. The Hall–Kier alpha value is -1.28. The Morgan fingerprint density at radius 1 is 1.32 bits per heavy atom. The predicted molar refractivity (Wildman–Crippen MR) is 80.9 cm³/mol. The highest BCUT2D eigenvalue weighted by Crippen LogP contribution is 2.26. The molecule has 0 spiro atoms. The van der Waals surface area contributed by atoms with E-state index in [0.717, 1.165) is 29.0 Å². The molecule has 1 atom stereocenters. The highest BCUT2D eigenvalue weighted by atomic mass is 35.5. The van der Waals surface area contributed by atoms with Crippen LogP contribution in [0, 0.1) is 5.92 Å². The molecule has 2 rings (SSSR count). The smallest absolute Gasteiger partial charge is 0.130 e. The molecule has 1 heterocycles. The molecule has 0 aliphatic carbocycles. The van der Waals surface area contributed by atoms with Gasteiger partial charge in [-0.05, 0) is 24.5 Å². The average Bonchev–Trinajstić information content (AvgIpc) is 2.44. The maximum atomic E-state index is 5.98. The molecular weight excluding hydrogens is 258 g/mol.